The van der Waals surface area contributed by atoms with Crippen LogP contribution in [-0.4, -0.2) is 36.8 Å². The molecule has 0 fully saturated rings. The molecule has 1 heterocycles. The molecule has 2 N–H and O–H groups in total. The molecule has 1 aliphatic rings. The van der Waals surface area contributed by atoms with Gasteiger partial charge in [-0.05, 0) is 37.1 Å². The summed E-state index contributed by atoms with van der Waals surface area (Å²) in [6.07, 6.45) is -0.251. The van der Waals surface area contributed by atoms with Crippen molar-refractivity contribution in [2.45, 2.75) is 26.4 Å². The third-order valence-electron chi connectivity index (χ3n) is 4.39. The first kappa shape index (κ1) is 17.3. The van der Waals surface area contributed by atoms with E-state index in [1.54, 1.807) is 0 Å². The van der Waals surface area contributed by atoms with E-state index in [9.17, 15) is 9.90 Å². The second kappa shape index (κ2) is 7.57. The second-order valence-corrected chi connectivity index (χ2v) is 6.45. The first-order chi connectivity index (χ1) is 12.0. The van der Waals surface area contributed by atoms with Crippen molar-refractivity contribution in [3.8, 4) is 5.75 Å². The molecule has 1 unspecified atom stereocenters. The summed E-state index contributed by atoms with van der Waals surface area (Å²) in [4.78, 5) is 13.9. The Kier molecular flexibility index (Phi) is 5.24. The van der Waals surface area contributed by atoms with Gasteiger partial charge in [-0.3, -0.25) is 4.79 Å². The maximum atomic E-state index is 11.8. The molecule has 5 nitrogen and oxygen atoms in total. The summed E-state index contributed by atoms with van der Waals surface area (Å²) in [5, 5.41) is 13.4. The number of anilines is 2. The van der Waals surface area contributed by atoms with Gasteiger partial charge in [0.2, 0.25) is 5.91 Å². The van der Waals surface area contributed by atoms with Gasteiger partial charge in [-0.15, -0.1) is 0 Å². The molecule has 2 aromatic rings. The number of aliphatic hydroxyl groups excluding tert-OH is 1. The van der Waals surface area contributed by atoms with Crippen LogP contribution < -0.4 is 15.0 Å². The molecule has 3 rings (SSSR count). The number of rotatable bonds is 5. The number of fused-ring (bicyclic) bond motifs is 1. The van der Waals surface area contributed by atoms with E-state index >= 15 is 0 Å². The SMILES string of the molecule is Cc1cccc(C)c1OCC(O)CN1CCC(=O)Nc2ccccc21. The molecule has 0 bridgehead atoms. The lowest BCUT2D eigenvalue weighted by atomic mass is 10.1. The minimum absolute atomic E-state index is 0.00350. The van der Waals surface area contributed by atoms with Crippen LogP contribution in [-0.2, 0) is 4.79 Å². The molecule has 0 saturated heterocycles. The number of benzene rings is 2. The number of carbonyl (C=O) groups excluding carboxylic acids is 1. The maximum Gasteiger partial charge on any atom is 0.226 e. The molecule has 132 valence electrons. The highest BCUT2D eigenvalue weighted by molar-refractivity contribution is 5.96. The highest BCUT2D eigenvalue weighted by atomic mass is 16.5. The fraction of sp³-hybridized carbons (Fsp3) is 0.350. The van der Waals surface area contributed by atoms with Crippen molar-refractivity contribution in [1.82, 2.24) is 0 Å². The van der Waals surface area contributed by atoms with Gasteiger partial charge < -0.3 is 20.1 Å². The molecule has 25 heavy (non-hydrogen) atoms. The molecule has 0 radical (unpaired) electrons. The molecule has 0 saturated carbocycles. The molecule has 0 aliphatic carbocycles. The molecule has 0 aromatic heterocycles. The lowest BCUT2D eigenvalue weighted by Crippen LogP contribution is -2.36. The predicted octanol–water partition coefficient (Wildman–Crippen LogP) is 2.89. The van der Waals surface area contributed by atoms with Crippen LogP contribution in [0.4, 0.5) is 11.4 Å². The van der Waals surface area contributed by atoms with E-state index in [0.29, 0.717) is 19.5 Å². The Bertz CT molecular complexity index is 740. The third-order valence-corrected chi connectivity index (χ3v) is 4.39. The van der Waals surface area contributed by atoms with Gasteiger partial charge in [0.1, 0.15) is 18.5 Å². The summed E-state index contributed by atoms with van der Waals surface area (Å²) in [5.41, 5.74) is 3.83. The van der Waals surface area contributed by atoms with E-state index in [1.165, 1.54) is 0 Å². The number of hydrogen-bond acceptors (Lipinski definition) is 4. The van der Waals surface area contributed by atoms with Gasteiger partial charge in [-0.2, -0.15) is 0 Å². The minimum atomic E-state index is -0.653. The number of nitrogens with one attached hydrogen (secondary N) is 1. The Morgan fingerprint density at radius 1 is 1.16 bits per heavy atom. The average Bonchev–Trinajstić information content (AvgIpc) is 2.73. The largest absolute Gasteiger partial charge is 0.490 e. The Morgan fingerprint density at radius 3 is 2.64 bits per heavy atom. The molecular formula is C20H24N2O3. The summed E-state index contributed by atoms with van der Waals surface area (Å²) in [6, 6.07) is 13.7. The highest BCUT2D eigenvalue weighted by Gasteiger charge is 2.21. The number of amides is 1. The zero-order valence-corrected chi connectivity index (χ0v) is 14.7. The molecule has 1 aliphatic heterocycles. The van der Waals surface area contributed by atoms with Crippen molar-refractivity contribution in [2.24, 2.45) is 0 Å². The number of aryl methyl sites for hydroxylation is 2. The lowest BCUT2D eigenvalue weighted by Gasteiger charge is -2.27. The van der Waals surface area contributed by atoms with Gasteiger partial charge in [0.25, 0.3) is 0 Å². The standard InChI is InChI=1S/C20H24N2O3/c1-14-6-5-7-15(2)20(14)25-13-16(23)12-22-11-10-19(24)21-17-8-3-4-9-18(17)22/h3-9,16,23H,10-13H2,1-2H3,(H,21,24). The molecule has 2 aromatic carbocycles. The van der Waals surface area contributed by atoms with Crippen LogP contribution >= 0.6 is 0 Å². The van der Waals surface area contributed by atoms with E-state index < -0.39 is 6.10 Å². The number of hydrogen-bond donors (Lipinski definition) is 2. The van der Waals surface area contributed by atoms with Crippen LogP contribution in [0.5, 0.6) is 5.75 Å². The third kappa shape index (κ3) is 4.12. The summed E-state index contributed by atoms with van der Waals surface area (Å²) in [5.74, 6) is 0.825. The van der Waals surface area contributed by atoms with E-state index in [-0.39, 0.29) is 12.5 Å². The summed E-state index contributed by atoms with van der Waals surface area (Å²) in [6.45, 7) is 5.19. The first-order valence-corrected chi connectivity index (χ1v) is 8.55. The van der Waals surface area contributed by atoms with Crippen molar-refractivity contribution < 1.29 is 14.6 Å². The Balaban J connectivity index is 1.66. The Labute approximate surface area is 148 Å². The van der Waals surface area contributed by atoms with E-state index in [0.717, 1.165) is 28.3 Å². The van der Waals surface area contributed by atoms with Crippen LogP contribution in [0.25, 0.3) is 0 Å². The fourth-order valence-electron chi connectivity index (χ4n) is 3.13. The van der Waals surface area contributed by atoms with Crippen molar-refractivity contribution in [1.29, 1.82) is 0 Å². The van der Waals surface area contributed by atoms with E-state index in [1.807, 2.05) is 61.2 Å². The smallest absolute Gasteiger partial charge is 0.226 e. The Morgan fingerprint density at radius 2 is 1.88 bits per heavy atom. The number of para-hydroxylation sites is 3. The number of nitrogens with zero attached hydrogens (tertiary/aromatic N) is 1. The molecule has 1 amide bonds. The zero-order valence-electron chi connectivity index (χ0n) is 14.7. The van der Waals surface area contributed by atoms with Gasteiger partial charge in [0.05, 0.1) is 11.4 Å². The molecule has 1 atom stereocenters. The minimum Gasteiger partial charge on any atom is -0.490 e. The predicted molar refractivity (Wildman–Crippen MR) is 99.3 cm³/mol. The number of aliphatic hydroxyl groups is 1. The summed E-state index contributed by atoms with van der Waals surface area (Å²) in [7, 11) is 0. The van der Waals surface area contributed by atoms with Crippen LogP contribution in [0.3, 0.4) is 0 Å². The number of β-amino-alcohol motifs (C(OH)–C–C–N with tert-alkyl or cyclic N) is 1. The molecular weight excluding hydrogens is 316 g/mol. The fourth-order valence-corrected chi connectivity index (χ4v) is 3.13. The van der Waals surface area contributed by atoms with Gasteiger partial charge in [0.15, 0.2) is 0 Å². The quantitative estimate of drug-likeness (QED) is 0.879. The van der Waals surface area contributed by atoms with Crippen LogP contribution in [0.2, 0.25) is 0 Å². The van der Waals surface area contributed by atoms with Crippen molar-refractivity contribution in [2.75, 3.05) is 29.9 Å². The van der Waals surface area contributed by atoms with Crippen LogP contribution in [0.1, 0.15) is 17.5 Å². The lowest BCUT2D eigenvalue weighted by molar-refractivity contribution is -0.116. The second-order valence-electron chi connectivity index (χ2n) is 6.45. The van der Waals surface area contributed by atoms with E-state index in [2.05, 4.69) is 5.32 Å². The Hall–Kier alpha value is -2.53. The normalized spacial score (nSPS) is 15.2. The highest BCUT2D eigenvalue weighted by Crippen LogP contribution is 2.28. The van der Waals surface area contributed by atoms with Crippen LogP contribution in [0, 0.1) is 13.8 Å². The average molecular weight is 340 g/mol. The molecule has 0 spiro atoms. The van der Waals surface area contributed by atoms with Gasteiger partial charge in [0, 0.05) is 19.5 Å². The first-order valence-electron chi connectivity index (χ1n) is 8.55. The molecule has 5 heteroatoms. The summed E-state index contributed by atoms with van der Waals surface area (Å²) >= 11 is 0. The van der Waals surface area contributed by atoms with Crippen LogP contribution in [0.15, 0.2) is 42.5 Å². The van der Waals surface area contributed by atoms with Gasteiger partial charge in [-0.25, -0.2) is 0 Å². The summed E-state index contributed by atoms with van der Waals surface area (Å²) < 4.78 is 5.85. The monoisotopic (exact) mass is 340 g/mol. The van der Waals surface area contributed by atoms with Crippen molar-refractivity contribution in [3.63, 3.8) is 0 Å². The van der Waals surface area contributed by atoms with Crippen molar-refractivity contribution >= 4 is 17.3 Å². The number of carbonyl (C=O) groups is 1. The zero-order chi connectivity index (χ0) is 17.8. The van der Waals surface area contributed by atoms with Crippen molar-refractivity contribution in [3.05, 3.63) is 53.6 Å². The topological polar surface area (TPSA) is 61.8 Å². The van der Waals surface area contributed by atoms with E-state index in [4.69, 9.17) is 4.74 Å². The maximum absolute atomic E-state index is 11.8. The van der Waals surface area contributed by atoms with Gasteiger partial charge >= 0.3 is 0 Å². The number of ether oxygens (including phenoxy) is 1. The van der Waals surface area contributed by atoms with Gasteiger partial charge in [-0.1, -0.05) is 30.3 Å².